The SMILES string of the molecule is COC(=O)C(Cc1c[nH]c2ccccc12)NC(=O)C(C(C)C)N(C(C)=O)C(C)=S. The standard InChI is InChI=1S/C21H27N3O4S/c1-12(2)19(24(13(3)25)14(4)29)20(26)23-18(21(27)28-5)10-15-11-22-17-9-7-6-8-16(15)17/h6-9,11-12,18-19,22H,10H2,1-5H3,(H,23,26). The molecule has 0 fully saturated rings. The van der Waals surface area contributed by atoms with Gasteiger partial charge < -0.3 is 15.0 Å². The molecule has 2 aromatic rings. The number of hydrogen-bond acceptors (Lipinski definition) is 5. The number of amides is 2. The van der Waals surface area contributed by atoms with E-state index < -0.39 is 24.0 Å². The van der Waals surface area contributed by atoms with Crippen LogP contribution in [0.25, 0.3) is 10.9 Å². The van der Waals surface area contributed by atoms with Crippen molar-refractivity contribution < 1.29 is 19.1 Å². The number of para-hydroxylation sites is 1. The van der Waals surface area contributed by atoms with E-state index in [0.717, 1.165) is 16.5 Å². The van der Waals surface area contributed by atoms with Crippen molar-refractivity contribution in [1.29, 1.82) is 0 Å². The van der Waals surface area contributed by atoms with Gasteiger partial charge in [-0.1, -0.05) is 44.3 Å². The van der Waals surface area contributed by atoms with E-state index in [1.807, 2.05) is 44.3 Å². The number of benzene rings is 1. The van der Waals surface area contributed by atoms with E-state index in [9.17, 15) is 14.4 Å². The lowest BCUT2D eigenvalue weighted by Crippen LogP contribution is -2.56. The quantitative estimate of drug-likeness (QED) is 0.534. The zero-order valence-corrected chi connectivity index (χ0v) is 18.1. The van der Waals surface area contributed by atoms with Gasteiger partial charge in [-0.05, 0) is 24.5 Å². The van der Waals surface area contributed by atoms with Crippen molar-refractivity contribution in [2.24, 2.45) is 5.92 Å². The van der Waals surface area contributed by atoms with Crippen LogP contribution in [0, 0.1) is 5.92 Å². The average molecular weight is 418 g/mol. The summed E-state index contributed by atoms with van der Waals surface area (Å²) >= 11 is 5.17. The molecule has 2 unspecified atom stereocenters. The van der Waals surface area contributed by atoms with Crippen molar-refractivity contribution in [2.45, 2.75) is 46.2 Å². The smallest absolute Gasteiger partial charge is 0.328 e. The van der Waals surface area contributed by atoms with Crippen LogP contribution in [0.5, 0.6) is 0 Å². The first-order valence-corrected chi connectivity index (χ1v) is 9.81. The zero-order valence-electron chi connectivity index (χ0n) is 17.3. The summed E-state index contributed by atoms with van der Waals surface area (Å²) in [5, 5.41) is 3.73. The molecule has 0 bridgehead atoms. The van der Waals surface area contributed by atoms with Gasteiger partial charge in [-0.3, -0.25) is 14.5 Å². The van der Waals surface area contributed by atoms with Gasteiger partial charge in [-0.15, -0.1) is 0 Å². The third-order valence-electron chi connectivity index (χ3n) is 4.76. The fourth-order valence-electron chi connectivity index (χ4n) is 3.44. The van der Waals surface area contributed by atoms with Crippen molar-refractivity contribution in [3.63, 3.8) is 0 Å². The molecule has 0 aliphatic carbocycles. The molecular formula is C21H27N3O4S. The molecule has 0 saturated carbocycles. The Balaban J connectivity index is 2.30. The molecule has 2 N–H and O–H groups in total. The first-order chi connectivity index (χ1) is 13.7. The van der Waals surface area contributed by atoms with Gasteiger partial charge in [0.05, 0.1) is 12.1 Å². The van der Waals surface area contributed by atoms with Gasteiger partial charge in [0.15, 0.2) is 0 Å². The summed E-state index contributed by atoms with van der Waals surface area (Å²) in [6, 6.07) is 5.99. The summed E-state index contributed by atoms with van der Waals surface area (Å²) in [7, 11) is 1.28. The molecule has 2 amide bonds. The number of nitrogens with one attached hydrogen (secondary N) is 2. The molecule has 7 nitrogen and oxygen atoms in total. The van der Waals surface area contributed by atoms with Crippen LogP contribution in [-0.4, -0.2) is 51.8 Å². The lowest BCUT2D eigenvalue weighted by Gasteiger charge is -2.32. The molecule has 1 aromatic heterocycles. The number of carbonyl (C=O) groups excluding carboxylic acids is 3. The van der Waals surface area contributed by atoms with Gasteiger partial charge >= 0.3 is 5.97 Å². The summed E-state index contributed by atoms with van der Waals surface area (Å²) in [4.78, 5) is 42.3. The van der Waals surface area contributed by atoms with Crippen molar-refractivity contribution in [1.82, 2.24) is 15.2 Å². The number of H-pyrrole nitrogens is 1. The highest BCUT2D eigenvalue weighted by Crippen LogP contribution is 2.20. The normalized spacial score (nSPS) is 13.0. The third kappa shape index (κ3) is 5.20. The highest BCUT2D eigenvalue weighted by atomic mass is 32.1. The van der Waals surface area contributed by atoms with Crippen LogP contribution in [0.2, 0.25) is 0 Å². The molecule has 2 atom stereocenters. The number of aromatic nitrogens is 1. The maximum Gasteiger partial charge on any atom is 0.328 e. The largest absolute Gasteiger partial charge is 0.467 e. The summed E-state index contributed by atoms with van der Waals surface area (Å²) in [6.45, 7) is 6.61. The minimum Gasteiger partial charge on any atom is -0.467 e. The Morgan fingerprint density at radius 3 is 2.41 bits per heavy atom. The molecule has 0 aliphatic rings. The lowest BCUT2D eigenvalue weighted by atomic mass is 9.99. The van der Waals surface area contributed by atoms with Crippen molar-refractivity contribution in [3.8, 4) is 0 Å². The van der Waals surface area contributed by atoms with Crippen LogP contribution in [-0.2, 0) is 25.5 Å². The number of thiocarbonyl (C=S) groups is 1. The Labute approximate surface area is 175 Å². The number of nitrogens with zero attached hydrogens (tertiary/aromatic N) is 1. The number of methoxy groups -OCH3 is 1. The molecule has 1 aromatic carbocycles. The van der Waals surface area contributed by atoms with Crippen LogP contribution in [0.3, 0.4) is 0 Å². The number of fused-ring (bicyclic) bond motifs is 1. The number of aromatic amines is 1. The van der Waals surface area contributed by atoms with Gasteiger partial charge in [0, 0.05) is 30.4 Å². The molecule has 0 aliphatic heterocycles. The fourth-order valence-corrected chi connectivity index (χ4v) is 3.69. The predicted octanol–water partition coefficient (Wildman–Crippen LogP) is 2.59. The average Bonchev–Trinajstić information content (AvgIpc) is 3.06. The molecule has 29 heavy (non-hydrogen) atoms. The number of esters is 1. The van der Waals surface area contributed by atoms with Crippen LogP contribution < -0.4 is 5.32 Å². The van der Waals surface area contributed by atoms with Crippen molar-refractivity contribution in [3.05, 3.63) is 36.0 Å². The Bertz CT molecular complexity index is 908. The first kappa shape index (κ1) is 22.5. The molecule has 2 rings (SSSR count). The van der Waals surface area contributed by atoms with Crippen LogP contribution in [0.15, 0.2) is 30.5 Å². The maximum atomic E-state index is 13.1. The second kappa shape index (κ2) is 9.65. The van der Waals surface area contributed by atoms with E-state index in [1.54, 1.807) is 6.92 Å². The number of rotatable bonds is 7. The van der Waals surface area contributed by atoms with Gasteiger partial charge in [0.25, 0.3) is 0 Å². The Morgan fingerprint density at radius 2 is 1.86 bits per heavy atom. The van der Waals surface area contributed by atoms with E-state index in [2.05, 4.69) is 10.3 Å². The van der Waals surface area contributed by atoms with Gasteiger partial charge in [0.1, 0.15) is 12.1 Å². The Hall–Kier alpha value is -2.74. The Morgan fingerprint density at radius 1 is 1.21 bits per heavy atom. The zero-order chi connectivity index (χ0) is 21.7. The Kier molecular flexibility index (Phi) is 7.50. The monoisotopic (exact) mass is 417 g/mol. The molecular weight excluding hydrogens is 390 g/mol. The first-order valence-electron chi connectivity index (χ1n) is 9.40. The van der Waals surface area contributed by atoms with Gasteiger partial charge in [-0.25, -0.2) is 4.79 Å². The molecule has 0 spiro atoms. The van der Waals surface area contributed by atoms with E-state index >= 15 is 0 Å². The predicted molar refractivity (Wildman–Crippen MR) is 115 cm³/mol. The number of carbonyl (C=O) groups is 3. The number of hydrogen-bond donors (Lipinski definition) is 2. The molecule has 0 saturated heterocycles. The molecule has 0 radical (unpaired) electrons. The summed E-state index contributed by atoms with van der Waals surface area (Å²) in [6.07, 6.45) is 2.07. The molecule has 1 heterocycles. The molecule has 8 heteroatoms. The van der Waals surface area contributed by atoms with Crippen LogP contribution in [0.4, 0.5) is 0 Å². The highest BCUT2D eigenvalue weighted by Gasteiger charge is 2.35. The summed E-state index contributed by atoms with van der Waals surface area (Å²) < 4.78 is 4.90. The van der Waals surface area contributed by atoms with E-state index in [4.69, 9.17) is 17.0 Å². The van der Waals surface area contributed by atoms with E-state index in [0.29, 0.717) is 4.99 Å². The maximum absolute atomic E-state index is 13.1. The van der Waals surface area contributed by atoms with Gasteiger partial charge in [-0.2, -0.15) is 0 Å². The third-order valence-corrected chi connectivity index (χ3v) is 4.95. The highest BCUT2D eigenvalue weighted by molar-refractivity contribution is 7.80. The second-order valence-electron chi connectivity index (χ2n) is 7.24. The van der Waals surface area contributed by atoms with Crippen LogP contribution in [0.1, 0.15) is 33.3 Å². The second-order valence-corrected chi connectivity index (χ2v) is 7.84. The number of ether oxygens (including phenoxy) is 1. The fraction of sp³-hybridized carbons (Fsp3) is 0.429. The molecule has 156 valence electrons. The minimum absolute atomic E-state index is 0.205. The van der Waals surface area contributed by atoms with Gasteiger partial charge in [0.2, 0.25) is 11.8 Å². The lowest BCUT2D eigenvalue weighted by molar-refractivity contribution is -0.146. The van der Waals surface area contributed by atoms with Crippen LogP contribution >= 0.6 is 12.2 Å². The minimum atomic E-state index is -0.896. The van der Waals surface area contributed by atoms with E-state index in [-0.39, 0.29) is 18.2 Å². The van der Waals surface area contributed by atoms with Crippen molar-refractivity contribution in [2.75, 3.05) is 7.11 Å². The summed E-state index contributed by atoms with van der Waals surface area (Å²) in [5.74, 6) is -1.53. The van der Waals surface area contributed by atoms with E-state index in [1.165, 1.54) is 18.9 Å². The summed E-state index contributed by atoms with van der Waals surface area (Å²) in [5.41, 5.74) is 1.82. The van der Waals surface area contributed by atoms with Crippen molar-refractivity contribution >= 4 is 45.9 Å². The topological polar surface area (TPSA) is 91.5 Å².